The van der Waals surface area contributed by atoms with E-state index in [1.807, 2.05) is 25.1 Å². The Morgan fingerprint density at radius 1 is 1.50 bits per heavy atom. The van der Waals surface area contributed by atoms with E-state index in [9.17, 15) is 5.11 Å². The Hall–Kier alpha value is 0.113. The second-order valence-corrected chi connectivity index (χ2v) is 7.67. The van der Waals surface area contributed by atoms with Gasteiger partial charge in [-0.25, -0.2) is 0 Å². The summed E-state index contributed by atoms with van der Waals surface area (Å²) in [6.07, 6.45) is 2.99. The van der Waals surface area contributed by atoms with Crippen molar-refractivity contribution in [3.8, 4) is 5.75 Å². The van der Waals surface area contributed by atoms with E-state index in [0.29, 0.717) is 5.75 Å². The summed E-state index contributed by atoms with van der Waals surface area (Å²) in [6, 6.07) is 5.92. The number of hydrogen-bond acceptors (Lipinski definition) is 3. The van der Waals surface area contributed by atoms with E-state index in [2.05, 4.69) is 4.99 Å². The van der Waals surface area contributed by atoms with Gasteiger partial charge in [0.15, 0.2) is 0 Å². The molecule has 0 aliphatic heterocycles. The molecule has 1 N–H and O–H groups in total. The average Bonchev–Trinajstić information content (AvgIpc) is 3.11. The molecule has 18 heavy (non-hydrogen) atoms. The fourth-order valence-corrected chi connectivity index (χ4v) is 1.53. The van der Waals surface area contributed by atoms with E-state index in [-0.39, 0.29) is 12.1 Å². The Morgan fingerprint density at radius 3 is 2.72 bits per heavy atom. The van der Waals surface area contributed by atoms with E-state index < -0.39 is 20.8 Å². The number of phenols is 1. The molecule has 1 saturated carbocycles. The SMILES string of the molecule is COC1CC1N=Cc1cccc(C)c1O.[Cl][Zr][Cl]. The number of ether oxygens (including phenoxy) is 1. The zero-order chi connectivity index (χ0) is 13.5. The fraction of sp³-hybridized carbons (Fsp3) is 0.417. The van der Waals surface area contributed by atoms with Crippen LogP contribution in [0.15, 0.2) is 23.2 Å². The van der Waals surface area contributed by atoms with E-state index in [1.54, 1.807) is 13.3 Å². The van der Waals surface area contributed by atoms with Crippen LogP contribution in [0.1, 0.15) is 17.5 Å². The molecule has 0 amide bonds. The molecule has 0 heterocycles. The molecule has 0 aromatic heterocycles. The summed E-state index contributed by atoms with van der Waals surface area (Å²) in [5.74, 6) is 0.316. The number of para-hydroxylation sites is 1. The molecule has 1 aliphatic rings. The van der Waals surface area contributed by atoms with Crippen molar-refractivity contribution in [3.63, 3.8) is 0 Å². The number of methoxy groups -OCH3 is 1. The van der Waals surface area contributed by atoms with E-state index in [0.717, 1.165) is 17.5 Å². The molecule has 1 aliphatic carbocycles. The molecular weight excluding hydrogens is 352 g/mol. The van der Waals surface area contributed by atoms with Crippen LogP contribution >= 0.6 is 17.0 Å². The summed E-state index contributed by atoms with van der Waals surface area (Å²) in [7, 11) is 11.6. The molecule has 1 aromatic carbocycles. The number of benzene rings is 1. The third-order valence-corrected chi connectivity index (χ3v) is 2.68. The van der Waals surface area contributed by atoms with Crippen LogP contribution in [0, 0.1) is 6.92 Å². The number of aryl methyl sites for hydroxylation is 1. The minimum absolute atomic E-state index is 0.271. The molecule has 98 valence electrons. The maximum absolute atomic E-state index is 9.73. The number of hydrogen-bond donors (Lipinski definition) is 1. The van der Waals surface area contributed by atoms with Crippen LogP contribution in [0.4, 0.5) is 0 Å². The first-order valence-corrected chi connectivity index (χ1v) is 11.8. The van der Waals surface area contributed by atoms with Gasteiger partial charge >= 0.3 is 37.9 Å². The maximum atomic E-state index is 9.73. The number of halogens is 2. The average molecular weight is 367 g/mol. The summed E-state index contributed by atoms with van der Waals surface area (Å²) in [4.78, 5) is 4.35. The van der Waals surface area contributed by atoms with Gasteiger partial charge in [-0.3, -0.25) is 4.99 Å². The second kappa shape index (κ2) is 8.32. The molecule has 3 nitrogen and oxygen atoms in total. The van der Waals surface area contributed by atoms with Crippen molar-refractivity contribution in [2.24, 2.45) is 4.99 Å². The molecule has 0 saturated heterocycles. The van der Waals surface area contributed by atoms with Crippen molar-refractivity contribution >= 4 is 23.2 Å². The Bertz CT molecular complexity index is 415. The number of aromatic hydroxyl groups is 1. The number of rotatable bonds is 3. The molecule has 2 unspecified atom stereocenters. The molecule has 6 heteroatoms. The zero-order valence-corrected chi connectivity index (χ0v) is 14.2. The van der Waals surface area contributed by atoms with Crippen LogP contribution in [0.25, 0.3) is 0 Å². The quantitative estimate of drug-likeness (QED) is 0.833. The van der Waals surface area contributed by atoms with Crippen molar-refractivity contribution in [1.82, 2.24) is 0 Å². The van der Waals surface area contributed by atoms with Crippen molar-refractivity contribution < 1.29 is 30.7 Å². The Labute approximate surface area is 126 Å². The van der Waals surface area contributed by atoms with Gasteiger partial charge in [-0.2, -0.15) is 0 Å². The first-order chi connectivity index (χ1) is 8.63. The zero-order valence-electron chi connectivity index (χ0n) is 10.2. The molecular formula is C12H15Cl2NO2Zr. The predicted molar refractivity (Wildman–Crippen MR) is 71.3 cm³/mol. The summed E-state index contributed by atoms with van der Waals surface area (Å²) >= 11 is -0.826. The van der Waals surface area contributed by atoms with Gasteiger partial charge < -0.3 is 9.84 Å². The van der Waals surface area contributed by atoms with Crippen LogP contribution in [0.3, 0.4) is 0 Å². The van der Waals surface area contributed by atoms with E-state index >= 15 is 0 Å². The van der Waals surface area contributed by atoms with Crippen LogP contribution in [0.2, 0.25) is 0 Å². The Kier molecular flexibility index (Phi) is 7.47. The number of phenolic OH excluding ortho intramolecular Hbond substituents is 1. The van der Waals surface area contributed by atoms with E-state index in [4.69, 9.17) is 21.8 Å². The fourth-order valence-electron chi connectivity index (χ4n) is 1.53. The summed E-state index contributed by atoms with van der Waals surface area (Å²) in [5.41, 5.74) is 1.65. The van der Waals surface area contributed by atoms with Crippen LogP contribution in [-0.2, 0) is 25.6 Å². The second-order valence-electron chi connectivity index (χ2n) is 3.94. The molecule has 1 aromatic rings. The summed E-state index contributed by atoms with van der Waals surface area (Å²) < 4.78 is 5.14. The van der Waals surface area contributed by atoms with Gasteiger partial charge in [0.05, 0.1) is 12.1 Å². The predicted octanol–water partition coefficient (Wildman–Crippen LogP) is 3.28. The van der Waals surface area contributed by atoms with Crippen molar-refractivity contribution in [3.05, 3.63) is 29.3 Å². The molecule has 2 atom stereocenters. The van der Waals surface area contributed by atoms with Gasteiger partial charge in [-0.1, -0.05) is 12.1 Å². The third-order valence-electron chi connectivity index (χ3n) is 2.68. The monoisotopic (exact) mass is 365 g/mol. The van der Waals surface area contributed by atoms with Gasteiger partial charge in [0.1, 0.15) is 5.75 Å². The molecule has 0 bridgehead atoms. The van der Waals surface area contributed by atoms with Crippen LogP contribution < -0.4 is 0 Å². The number of nitrogens with zero attached hydrogens (tertiary/aromatic N) is 1. The molecule has 1 fully saturated rings. The summed E-state index contributed by atoms with van der Waals surface area (Å²) in [6.45, 7) is 1.88. The van der Waals surface area contributed by atoms with Crippen molar-refractivity contribution in [1.29, 1.82) is 0 Å². The normalized spacial score (nSPS) is 21.3. The van der Waals surface area contributed by atoms with Crippen molar-refractivity contribution in [2.45, 2.75) is 25.5 Å². The van der Waals surface area contributed by atoms with Crippen molar-refractivity contribution in [2.75, 3.05) is 7.11 Å². The van der Waals surface area contributed by atoms with E-state index in [1.165, 1.54) is 0 Å². The van der Waals surface area contributed by atoms with Crippen LogP contribution in [-0.4, -0.2) is 30.6 Å². The topological polar surface area (TPSA) is 41.8 Å². The van der Waals surface area contributed by atoms with Gasteiger partial charge in [0.2, 0.25) is 0 Å². The Balaban J connectivity index is 0.000000492. The summed E-state index contributed by atoms with van der Waals surface area (Å²) in [5, 5.41) is 9.73. The van der Waals surface area contributed by atoms with Gasteiger partial charge in [-0.05, 0) is 18.6 Å². The van der Waals surface area contributed by atoms with Gasteiger partial charge in [0.25, 0.3) is 0 Å². The molecule has 2 rings (SSSR count). The van der Waals surface area contributed by atoms with Crippen LogP contribution in [0.5, 0.6) is 5.75 Å². The standard InChI is InChI=1S/C12H15NO2.2ClH.Zr/c1-8-4-3-5-9(12(8)14)7-13-10-6-11(10)15-2;;;/h3-5,7,10-11,14H,6H2,1-2H3;2*1H;/q;;;+2/p-2. The molecule has 0 radical (unpaired) electrons. The minimum atomic E-state index is -0.826. The van der Waals surface area contributed by atoms with Gasteiger partial charge in [0, 0.05) is 25.3 Å². The first-order valence-electron chi connectivity index (χ1n) is 5.44. The Morgan fingerprint density at radius 2 is 2.17 bits per heavy atom. The molecule has 0 spiro atoms. The van der Waals surface area contributed by atoms with Gasteiger partial charge in [-0.15, -0.1) is 0 Å². The first kappa shape index (κ1) is 16.2. The number of aliphatic imine (C=N–C) groups is 1. The third kappa shape index (κ3) is 5.01.